The third kappa shape index (κ3) is 14.5. The summed E-state index contributed by atoms with van der Waals surface area (Å²) in [6.45, 7) is 1.19. The summed E-state index contributed by atoms with van der Waals surface area (Å²) < 4.78 is 42.9. The van der Waals surface area contributed by atoms with Crippen LogP contribution in [0.1, 0.15) is 116 Å². The van der Waals surface area contributed by atoms with Crippen molar-refractivity contribution in [2.24, 2.45) is 11.8 Å². The van der Waals surface area contributed by atoms with Gasteiger partial charge in [0.05, 0.1) is 13.3 Å². The number of unbranched alkanes of at least 4 members (excludes halogenated alkanes) is 8. The summed E-state index contributed by atoms with van der Waals surface area (Å²) in [6.07, 6.45) is 27.9. The number of rotatable bonds is 20. The Bertz CT molecular complexity index is 494. The molecule has 0 saturated carbocycles. The normalized spacial score (nSPS) is 25.7. The Morgan fingerprint density at radius 2 is 1.00 bits per heavy atom. The van der Waals surface area contributed by atoms with Gasteiger partial charge in [-0.2, -0.15) is 0 Å². The molecule has 2 saturated heterocycles. The van der Waals surface area contributed by atoms with Gasteiger partial charge in [0, 0.05) is 25.0 Å². The standard InChI is InChI=1S/C30H52F2O3/c31-23-15-11-7-3-1-5-9-13-19-27-21-17-25-33-29(27)35-30-28(22-18-26-34-30)20-14-10-6-2-4-8-12-16-24-32/h5-6,9-10,27-30H,1-4,7-8,11-26H2. The minimum absolute atomic E-state index is 0.150. The first-order chi connectivity index (χ1) is 17.3. The molecule has 5 heteroatoms. The Balaban J connectivity index is 1.66. The number of ether oxygens (including phenoxy) is 3. The van der Waals surface area contributed by atoms with Crippen molar-refractivity contribution in [3.05, 3.63) is 24.3 Å². The third-order valence-corrected chi connectivity index (χ3v) is 7.29. The smallest absolute Gasteiger partial charge is 0.163 e. The largest absolute Gasteiger partial charge is 0.352 e. The van der Waals surface area contributed by atoms with Crippen molar-refractivity contribution in [2.75, 3.05) is 26.6 Å². The van der Waals surface area contributed by atoms with Gasteiger partial charge in [0.15, 0.2) is 12.6 Å². The molecule has 0 spiro atoms. The van der Waals surface area contributed by atoms with E-state index in [9.17, 15) is 8.78 Å². The van der Waals surface area contributed by atoms with Crippen LogP contribution in [0.4, 0.5) is 8.78 Å². The van der Waals surface area contributed by atoms with E-state index in [-0.39, 0.29) is 25.9 Å². The topological polar surface area (TPSA) is 27.7 Å². The van der Waals surface area contributed by atoms with Crippen LogP contribution in [0.5, 0.6) is 0 Å². The molecule has 0 radical (unpaired) electrons. The predicted molar refractivity (Wildman–Crippen MR) is 141 cm³/mol. The minimum atomic E-state index is -0.184. The van der Waals surface area contributed by atoms with Crippen LogP contribution in [0.3, 0.4) is 0 Å². The van der Waals surface area contributed by atoms with Crippen molar-refractivity contribution in [1.29, 1.82) is 0 Å². The van der Waals surface area contributed by atoms with E-state index in [0.29, 0.717) is 24.7 Å². The zero-order chi connectivity index (χ0) is 24.8. The maximum Gasteiger partial charge on any atom is 0.163 e. The molecular weight excluding hydrogens is 446 g/mol. The van der Waals surface area contributed by atoms with Crippen LogP contribution in [0, 0.1) is 11.8 Å². The maximum absolute atomic E-state index is 12.1. The second-order valence-corrected chi connectivity index (χ2v) is 10.3. The van der Waals surface area contributed by atoms with Crippen molar-refractivity contribution >= 4 is 0 Å². The van der Waals surface area contributed by atoms with E-state index in [1.165, 1.54) is 0 Å². The third-order valence-electron chi connectivity index (χ3n) is 7.29. The molecule has 3 nitrogen and oxygen atoms in total. The molecule has 4 atom stereocenters. The van der Waals surface area contributed by atoms with Crippen molar-refractivity contribution in [3.63, 3.8) is 0 Å². The highest BCUT2D eigenvalue weighted by Crippen LogP contribution is 2.32. The molecule has 2 heterocycles. The van der Waals surface area contributed by atoms with E-state index in [4.69, 9.17) is 14.2 Å². The van der Waals surface area contributed by atoms with E-state index < -0.39 is 0 Å². The van der Waals surface area contributed by atoms with Crippen LogP contribution in [-0.4, -0.2) is 39.1 Å². The van der Waals surface area contributed by atoms with E-state index in [1.807, 2.05) is 0 Å². The fourth-order valence-corrected chi connectivity index (χ4v) is 5.14. The van der Waals surface area contributed by atoms with Crippen molar-refractivity contribution < 1.29 is 23.0 Å². The van der Waals surface area contributed by atoms with Gasteiger partial charge in [-0.15, -0.1) is 0 Å². The molecule has 2 aliphatic rings. The molecular formula is C30H52F2O3. The fourth-order valence-electron chi connectivity index (χ4n) is 5.14. The first-order valence-electron chi connectivity index (χ1n) is 14.7. The predicted octanol–water partition coefficient (Wildman–Crippen LogP) is 9.02. The van der Waals surface area contributed by atoms with Crippen LogP contribution in [0.2, 0.25) is 0 Å². The van der Waals surface area contributed by atoms with Crippen molar-refractivity contribution in [2.45, 2.75) is 128 Å². The lowest BCUT2D eigenvalue weighted by Gasteiger charge is -2.38. The zero-order valence-corrected chi connectivity index (χ0v) is 22.2. The molecule has 2 fully saturated rings. The monoisotopic (exact) mass is 498 g/mol. The summed E-state index contributed by atoms with van der Waals surface area (Å²) in [7, 11) is 0. The van der Waals surface area contributed by atoms with E-state index >= 15 is 0 Å². The lowest BCUT2D eigenvalue weighted by atomic mass is 9.93. The van der Waals surface area contributed by atoms with Gasteiger partial charge in [0.1, 0.15) is 0 Å². The van der Waals surface area contributed by atoms with Crippen molar-refractivity contribution in [3.8, 4) is 0 Å². The van der Waals surface area contributed by atoms with Gasteiger partial charge in [-0.05, 0) is 89.9 Å². The highest BCUT2D eigenvalue weighted by molar-refractivity contribution is 4.85. The fraction of sp³-hybridized carbons (Fsp3) is 0.867. The molecule has 204 valence electrons. The summed E-state index contributed by atoms with van der Waals surface area (Å²) in [4.78, 5) is 0. The Hall–Kier alpha value is -0.780. The van der Waals surface area contributed by atoms with Crippen LogP contribution in [0.15, 0.2) is 24.3 Å². The molecule has 0 aromatic heterocycles. The van der Waals surface area contributed by atoms with Gasteiger partial charge < -0.3 is 14.2 Å². The van der Waals surface area contributed by atoms with Crippen LogP contribution >= 0.6 is 0 Å². The number of alkyl halides is 2. The van der Waals surface area contributed by atoms with Gasteiger partial charge in [-0.3, -0.25) is 8.78 Å². The number of halogens is 2. The number of hydrogen-bond acceptors (Lipinski definition) is 3. The molecule has 4 unspecified atom stereocenters. The lowest BCUT2D eigenvalue weighted by Crippen LogP contribution is -2.41. The van der Waals surface area contributed by atoms with Gasteiger partial charge in [0.25, 0.3) is 0 Å². The SMILES string of the molecule is FCCCCCCC=CCCC1CCCOC1OC1OCCCC1CCC=CCCCCCCF. The quantitative estimate of drug-likeness (QED) is 0.124. The molecule has 0 bridgehead atoms. The lowest BCUT2D eigenvalue weighted by molar-refractivity contribution is -0.297. The van der Waals surface area contributed by atoms with Crippen molar-refractivity contribution in [1.82, 2.24) is 0 Å². The molecule has 2 aliphatic heterocycles. The minimum Gasteiger partial charge on any atom is -0.352 e. The first kappa shape index (κ1) is 30.4. The Morgan fingerprint density at radius 1 is 0.571 bits per heavy atom. The summed E-state index contributed by atoms with van der Waals surface area (Å²) in [5.41, 5.74) is 0. The molecule has 0 N–H and O–H groups in total. The highest BCUT2D eigenvalue weighted by Gasteiger charge is 2.33. The van der Waals surface area contributed by atoms with E-state index in [0.717, 1.165) is 116 Å². The Labute approximate surface area is 214 Å². The summed E-state index contributed by atoms with van der Waals surface area (Å²) in [6, 6.07) is 0. The molecule has 2 rings (SSSR count). The van der Waals surface area contributed by atoms with Crippen LogP contribution in [0.25, 0.3) is 0 Å². The molecule has 0 amide bonds. The Kier molecular flexibility index (Phi) is 18.5. The summed E-state index contributed by atoms with van der Waals surface area (Å²) in [5.74, 6) is 0.864. The molecule has 0 aliphatic carbocycles. The van der Waals surface area contributed by atoms with Gasteiger partial charge >= 0.3 is 0 Å². The first-order valence-corrected chi connectivity index (χ1v) is 14.7. The van der Waals surface area contributed by atoms with E-state index in [1.54, 1.807) is 0 Å². The van der Waals surface area contributed by atoms with Gasteiger partial charge in [-0.25, -0.2) is 0 Å². The summed E-state index contributed by atoms with van der Waals surface area (Å²) >= 11 is 0. The second-order valence-electron chi connectivity index (χ2n) is 10.3. The molecule has 35 heavy (non-hydrogen) atoms. The van der Waals surface area contributed by atoms with Crippen LogP contribution in [-0.2, 0) is 14.2 Å². The average molecular weight is 499 g/mol. The highest BCUT2D eigenvalue weighted by atomic mass is 19.1. The maximum atomic E-state index is 12.1. The summed E-state index contributed by atoms with van der Waals surface area (Å²) in [5, 5.41) is 0. The van der Waals surface area contributed by atoms with Gasteiger partial charge in [0.2, 0.25) is 0 Å². The van der Waals surface area contributed by atoms with Crippen LogP contribution < -0.4 is 0 Å². The van der Waals surface area contributed by atoms with E-state index in [2.05, 4.69) is 24.3 Å². The zero-order valence-electron chi connectivity index (χ0n) is 22.2. The second kappa shape index (κ2) is 21.3. The number of hydrogen-bond donors (Lipinski definition) is 0. The average Bonchev–Trinajstić information content (AvgIpc) is 2.88. The van der Waals surface area contributed by atoms with Gasteiger partial charge in [-0.1, -0.05) is 50.0 Å². The Morgan fingerprint density at radius 3 is 1.46 bits per heavy atom. The molecule has 0 aromatic rings. The molecule has 0 aromatic carbocycles. The number of allylic oxidation sites excluding steroid dienone is 4.